The molecule has 2 aromatic heterocycles. The molecule has 1 saturated heterocycles. The molecule has 2 aromatic rings. The van der Waals surface area contributed by atoms with E-state index in [0.29, 0.717) is 12.2 Å². The number of rotatable bonds is 2. The van der Waals surface area contributed by atoms with E-state index in [1.165, 1.54) is 6.07 Å². The predicted molar refractivity (Wildman–Crippen MR) is 82.9 cm³/mol. The van der Waals surface area contributed by atoms with Crippen LogP contribution in [0.25, 0.3) is 0 Å². The maximum atomic E-state index is 12.5. The molecule has 116 valence electrons. The topological polar surface area (TPSA) is 71.0 Å². The van der Waals surface area contributed by atoms with E-state index >= 15 is 0 Å². The molecule has 0 aromatic carbocycles. The summed E-state index contributed by atoms with van der Waals surface area (Å²) in [5.41, 5.74) is 1.09. The van der Waals surface area contributed by atoms with Crippen LogP contribution < -0.4 is 5.56 Å². The summed E-state index contributed by atoms with van der Waals surface area (Å²) in [6, 6.07) is 4.67. The first-order chi connectivity index (χ1) is 10.5. The number of likely N-dealkylation sites (tertiary alicyclic amines) is 1. The highest BCUT2D eigenvalue weighted by Gasteiger charge is 2.28. The summed E-state index contributed by atoms with van der Waals surface area (Å²) in [6.07, 6.45) is 3.98. The second kappa shape index (κ2) is 5.79. The lowest BCUT2D eigenvalue weighted by Crippen LogP contribution is -2.40. The number of hydrogen-bond donors (Lipinski definition) is 1. The van der Waals surface area contributed by atoms with Crippen molar-refractivity contribution in [3.05, 3.63) is 52.0 Å². The Hall–Kier alpha value is -2.37. The number of nitrogens with zero attached hydrogens (tertiary/aromatic N) is 3. The number of H-pyrrole nitrogens is 1. The largest absolute Gasteiger partial charge is 0.337 e. The van der Waals surface area contributed by atoms with E-state index in [0.717, 1.165) is 30.9 Å². The third kappa shape index (κ3) is 2.81. The molecule has 6 nitrogen and oxygen atoms in total. The van der Waals surface area contributed by atoms with Gasteiger partial charge in [-0.25, -0.2) is 4.98 Å². The zero-order chi connectivity index (χ0) is 15.7. The maximum absolute atomic E-state index is 12.5. The second-order valence-corrected chi connectivity index (χ2v) is 5.87. The Morgan fingerprint density at radius 1 is 1.41 bits per heavy atom. The molecule has 3 heterocycles. The summed E-state index contributed by atoms with van der Waals surface area (Å²) in [6.45, 7) is 3.33. The Kier molecular flexibility index (Phi) is 3.83. The van der Waals surface area contributed by atoms with E-state index in [9.17, 15) is 9.59 Å². The van der Waals surface area contributed by atoms with Crippen LogP contribution in [0.1, 0.15) is 40.8 Å². The third-order valence-electron chi connectivity index (χ3n) is 4.11. The van der Waals surface area contributed by atoms with Gasteiger partial charge in [0.15, 0.2) is 0 Å². The van der Waals surface area contributed by atoms with Gasteiger partial charge in [-0.05, 0) is 25.8 Å². The van der Waals surface area contributed by atoms with Crippen LogP contribution in [0.5, 0.6) is 0 Å². The lowest BCUT2D eigenvalue weighted by Gasteiger charge is -2.32. The molecule has 0 unspecified atom stereocenters. The van der Waals surface area contributed by atoms with Crippen LogP contribution in [-0.4, -0.2) is 38.4 Å². The van der Waals surface area contributed by atoms with Crippen LogP contribution in [0, 0.1) is 6.92 Å². The number of pyridine rings is 1. The maximum Gasteiger partial charge on any atom is 0.270 e. The lowest BCUT2D eigenvalue weighted by molar-refractivity contribution is 0.0697. The van der Waals surface area contributed by atoms with Crippen molar-refractivity contribution >= 4 is 5.91 Å². The first-order valence-corrected chi connectivity index (χ1v) is 7.53. The molecule has 22 heavy (non-hydrogen) atoms. The fourth-order valence-corrected chi connectivity index (χ4v) is 3.13. The van der Waals surface area contributed by atoms with Gasteiger partial charge in [-0.1, -0.05) is 6.07 Å². The van der Waals surface area contributed by atoms with E-state index in [1.54, 1.807) is 12.1 Å². The first kappa shape index (κ1) is 14.6. The van der Waals surface area contributed by atoms with Crippen molar-refractivity contribution in [2.45, 2.75) is 25.7 Å². The van der Waals surface area contributed by atoms with E-state index < -0.39 is 0 Å². The van der Waals surface area contributed by atoms with Gasteiger partial charge in [0.2, 0.25) is 5.56 Å². The third-order valence-corrected chi connectivity index (χ3v) is 4.11. The van der Waals surface area contributed by atoms with Gasteiger partial charge in [-0.2, -0.15) is 0 Å². The van der Waals surface area contributed by atoms with Crippen LogP contribution in [0.2, 0.25) is 0 Å². The highest BCUT2D eigenvalue weighted by atomic mass is 16.2. The standard InChI is InChI=1S/C16H20N4O2/c1-11-9-19(2)15(17-11)12-5-4-8-20(10-12)16(22)13-6-3-7-14(21)18-13/h3,6-7,9,12H,4-5,8,10H2,1-2H3,(H,18,21)/t12-/m1/s1. The van der Waals surface area contributed by atoms with Gasteiger partial charge in [-0.3, -0.25) is 9.59 Å². The minimum atomic E-state index is -0.251. The number of nitrogens with one attached hydrogen (secondary N) is 1. The van der Waals surface area contributed by atoms with Gasteiger partial charge in [0.1, 0.15) is 11.5 Å². The molecule has 0 saturated carbocycles. The molecule has 0 spiro atoms. The number of piperidine rings is 1. The minimum Gasteiger partial charge on any atom is -0.337 e. The van der Waals surface area contributed by atoms with E-state index in [1.807, 2.05) is 29.6 Å². The summed E-state index contributed by atoms with van der Waals surface area (Å²) in [5, 5.41) is 0. The number of carbonyl (C=O) groups excluding carboxylic acids is 1. The monoisotopic (exact) mass is 300 g/mol. The molecule has 1 N–H and O–H groups in total. The number of imidazole rings is 1. The van der Waals surface area contributed by atoms with Crippen LogP contribution in [0.15, 0.2) is 29.2 Å². The number of aromatic nitrogens is 3. The molecule has 3 rings (SSSR count). The fourth-order valence-electron chi connectivity index (χ4n) is 3.13. The van der Waals surface area contributed by atoms with Crippen molar-refractivity contribution in [3.8, 4) is 0 Å². The Morgan fingerprint density at radius 3 is 2.91 bits per heavy atom. The van der Waals surface area contributed by atoms with Crippen molar-refractivity contribution in [3.63, 3.8) is 0 Å². The predicted octanol–water partition coefficient (Wildman–Crippen LogP) is 1.44. The summed E-state index contributed by atoms with van der Waals surface area (Å²) < 4.78 is 2.04. The van der Waals surface area contributed by atoms with Crippen LogP contribution in [-0.2, 0) is 7.05 Å². The van der Waals surface area contributed by atoms with Crippen molar-refractivity contribution in [1.82, 2.24) is 19.4 Å². The van der Waals surface area contributed by atoms with Crippen LogP contribution in [0.4, 0.5) is 0 Å². The summed E-state index contributed by atoms with van der Waals surface area (Å²) in [7, 11) is 1.99. The number of carbonyl (C=O) groups is 1. The molecule has 0 aliphatic carbocycles. The molecular weight excluding hydrogens is 280 g/mol. The average molecular weight is 300 g/mol. The molecule has 6 heteroatoms. The van der Waals surface area contributed by atoms with Gasteiger partial charge in [0.05, 0.1) is 5.69 Å². The Bertz CT molecular complexity index is 747. The van der Waals surface area contributed by atoms with Crippen LogP contribution in [0.3, 0.4) is 0 Å². The Labute approximate surface area is 128 Å². The molecule has 1 aliphatic rings. The van der Waals surface area contributed by atoms with Crippen LogP contribution >= 0.6 is 0 Å². The second-order valence-electron chi connectivity index (χ2n) is 5.87. The average Bonchev–Trinajstić information content (AvgIpc) is 2.85. The first-order valence-electron chi connectivity index (χ1n) is 7.53. The summed E-state index contributed by atoms with van der Waals surface area (Å²) in [5.74, 6) is 1.15. The highest BCUT2D eigenvalue weighted by Crippen LogP contribution is 2.26. The Morgan fingerprint density at radius 2 is 2.23 bits per heavy atom. The van der Waals surface area contributed by atoms with Gasteiger partial charge < -0.3 is 14.5 Å². The van der Waals surface area contributed by atoms with Gasteiger partial charge >= 0.3 is 0 Å². The normalized spacial score (nSPS) is 18.5. The van der Waals surface area contributed by atoms with Crippen molar-refractivity contribution < 1.29 is 4.79 Å². The molecule has 1 atom stereocenters. The fraction of sp³-hybridized carbons (Fsp3) is 0.438. The number of hydrogen-bond acceptors (Lipinski definition) is 3. The van der Waals surface area contributed by atoms with Crippen molar-refractivity contribution in [2.75, 3.05) is 13.1 Å². The minimum absolute atomic E-state index is 0.117. The van der Waals surface area contributed by atoms with Gasteiger partial charge in [-0.15, -0.1) is 0 Å². The molecule has 1 aliphatic heterocycles. The Balaban J connectivity index is 1.80. The van der Waals surface area contributed by atoms with E-state index in [4.69, 9.17) is 0 Å². The van der Waals surface area contributed by atoms with Crippen molar-refractivity contribution in [1.29, 1.82) is 0 Å². The van der Waals surface area contributed by atoms with Gasteiger partial charge in [0.25, 0.3) is 5.91 Å². The summed E-state index contributed by atoms with van der Waals surface area (Å²) >= 11 is 0. The zero-order valence-corrected chi connectivity index (χ0v) is 12.9. The number of amides is 1. The van der Waals surface area contributed by atoms with E-state index in [2.05, 4.69) is 9.97 Å². The molecule has 0 bridgehead atoms. The lowest BCUT2D eigenvalue weighted by atomic mass is 9.97. The number of aryl methyl sites for hydroxylation is 2. The highest BCUT2D eigenvalue weighted by molar-refractivity contribution is 5.92. The summed E-state index contributed by atoms with van der Waals surface area (Å²) in [4.78, 5) is 32.9. The number of aromatic amines is 1. The van der Waals surface area contributed by atoms with Gasteiger partial charge in [0, 0.05) is 38.3 Å². The SMILES string of the molecule is Cc1cn(C)c([C@@H]2CCCN(C(=O)c3cccc(=O)[nH]3)C2)n1. The molecular formula is C16H20N4O2. The van der Waals surface area contributed by atoms with Crippen molar-refractivity contribution in [2.24, 2.45) is 7.05 Å². The molecule has 0 radical (unpaired) electrons. The zero-order valence-electron chi connectivity index (χ0n) is 12.9. The van der Waals surface area contributed by atoms with E-state index in [-0.39, 0.29) is 17.4 Å². The smallest absolute Gasteiger partial charge is 0.270 e. The molecule has 1 fully saturated rings. The molecule has 1 amide bonds. The quantitative estimate of drug-likeness (QED) is 0.912.